The summed E-state index contributed by atoms with van der Waals surface area (Å²) >= 11 is 0. The highest BCUT2D eigenvalue weighted by Crippen LogP contribution is 1.50. The van der Waals surface area contributed by atoms with E-state index in [2.05, 4.69) is 5.32 Å². The number of hydrogen-bond donors (Lipinski definition) is 2. The summed E-state index contributed by atoms with van der Waals surface area (Å²) in [6.45, 7) is 0.0417. The smallest absolute Gasteiger partial charge is 0.317 e. The van der Waals surface area contributed by atoms with E-state index < -0.39 is 5.97 Å². The van der Waals surface area contributed by atoms with Crippen molar-refractivity contribution >= 4 is 5.97 Å². The lowest BCUT2D eigenvalue weighted by Gasteiger charge is -1.84. The molecule has 0 aromatic rings. The van der Waals surface area contributed by atoms with Gasteiger partial charge in [-0.15, -0.1) is 0 Å². The molecule has 0 unspecified atom stereocenters. The van der Waals surface area contributed by atoms with E-state index >= 15 is 0 Å². The Morgan fingerprint density at radius 2 is 2.50 bits per heavy atom. The van der Waals surface area contributed by atoms with Crippen molar-refractivity contribution in [3.05, 3.63) is 0 Å². The number of likely N-dealkylation sites (N-methyl/N-ethyl adjacent to an activating group) is 1. The third-order valence-corrected chi connectivity index (χ3v) is 0.328. The van der Waals surface area contributed by atoms with Gasteiger partial charge in [-0.2, -0.15) is 0 Å². The van der Waals surface area contributed by atoms with E-state index in [9.17, 15) is 4.79 Å². The second-order valence-corrected chi connectivity index (χ2v) is 0.924. The van der Waals surface area contributed by atoms with Crippen LogP contribution in [0.3, 0.4) is 0 Å². The fourth-order valence-corrected chi connectivity index (χ4v) is 0.151. The van der Waals surface area contributed by atoms with Crippen molar-refractivity contribution < 1.29 is 9.90 Å². The summed E-state index contributed by atoms with van der Waals surface area (Å²) in [5.41, 5.74) is 0. The second-order valence-electron chi connectivity index (χ2n) is 0.924. The van der Waals surface area contributed by atoms with E-state index in [1.807, 2.05) is 0 Å². The van der Waals surface area contributed by atoms with Crippen molar-refractivity contribution in [2.24, 2.45) is 0 Å². The van der Waals surface area contributed by atoms with Crippen LogP contribution >= 0.6 is 0 Å². The van der Waals surface area contributed by atoms with Crippen molar-refractivity contribution in [2.75, 3.05) is 13.6 Å². The van der Waals surface area contributed by atoms with Gasteiger partial charge >= 0.3 is 5.97 Å². The predicted octanol–water partition coefficient (Wildman–Crippen LogP) is -0.710. The molecule has 0 radical (unpaired) electrons. The first-order valence-electron chi connectivity index (χ1n) is 1.63. The number of carboxylic acids is 1. The molecule has 0 fully saturated rings. The van der Waals surface area contributed by atoms with E-state index in [-0.39, 0.29) is 6.54 Å². The Morgan fingerprint density at radius 3 is 2.50 bits per heavy atom. The molecule has 0 saturated heterocycles. The highest BCUT2D eigenvalue weighted by molar-refractivity contribution is 5.68. The Kier molecular flexibility index (Phi) is 2.40. The lowest BCUT2D eigenvalue weighted by molar-refractivity contribution is -0.135. The monoisotopic (exact) mass is 91.1 g/mol. The summed E-state index contributed by atoms with van der Waals surface area (Å²) < 4.78 is 0. The Morgan fingerprint density at radius 1 is 2.00 bits per heavy atom. The second kappa shape index (κ2) is 2.66. The summed E-state index contributed by atoms with van der Waals surface area (Å²) in [6, 6.07) is 0. The summed E-state index contributed by atoms with van der Waals surface area (Å²) in [5, 5.41) is 10.3. The van der Waals surface area contributed by atoms with E-state index in [4.69, 9.17) is 5.11 Å². The summed E-state index contributed by atoms with van der Waals surface area (Å²) in [5.74, 6) is -0.822. The minimum atomic E-state index is -0.822. The molecule has 36 valence electrons. The van der Waals surface area contributed by atoms with Crippen LogP contribution in [-0.2, 0) is 4.79 Å². The van der Waals surface area contributed by atoms with Gasteiger partial charge in [0.15, 0.2) is 0 Å². The number of aliphatic carboxylic acids is 1. The first-order chi connectivity index (χ1) is 2.77. The third-order valence-electron chi connectivity index (χ3n) is 0.328. The highest BCUT2D eigenvalue weighted by Gasteiger charge is 1.86. The molecule has 0 saturated carbocycles. The van der Waals surface area contributed by atoms with Crippen molar-refractivity contribution in [2.45, 2.75) is 0 Å². The Labute approximate surface area is 36.0 Å². The molecule has 0 spiro atoms. The number of hydrogen-bond acceptors (Lipinski definition) is 2. The maximum absolute atomic E-state index is 9.54. The summed E-state index contributed by atoms with van der Waals surface area (Å²) in [6.07, 6.45) is 0. The van der Waals surface area contributed by atoms with Gasteiger partial charge in [-0.25, -0.2) is 0 Å². The van der Waals surface area contributed by atoms with Crippen LogP contribution in [0.1, 0.15) is 0 Å². The van der Waals surface area contributed by atoms with Gasteiger partial charge in [0.1, 0.15) is 0 Å². The minimum Gasteiger partial charge on any atom is -0.480 e. The Hall–Kier alpha value is -0.570. The Balaban J connectivity index is 2.83. The zero-order chi connectivity index (χ0) is 4.99. The average Bonchev–Trinajstić information content (AvgIpc) is 1.35. The molecule has 2 N–H and O–H groups in total. The largest absolute Gasteiger partial charge is 0.480 e. The van der Waals surface area contributed by atoms with Gasteiger partial charge < -0.3 is 10.4 Å². The SMILES string of the molecule is CNC[14C](=O)O. The highest BCUT2D eigenvalue weighted by atomic mass is 16.6. The number of nitrogens with one attached hydrogen (secondary N) is 1. The van der Waals surface area contributed by atoms with Gasteiger partial charge in [0.25, 0.3) is 0 Å². The van der Waals surface area contributed by atoms with E-state index in [0.717, 1.165) is 0 Å². The predicted molar refractivity (Wildman–Crippen MR) is 21.6 cm³/mol. The Bertz CT molecular complexity index is 52.8. The van der Waals surface area contributed by atoms with Gasteiger partial charge in [-0.3, -0.25) is 4.79 Å². The summed E-state index contributed by atoms with van der Waals surface area (Å²) in [7, 11) is 1.59. The lowest BCUT2D eigenvalue weighted by atomic mass is 11.1. The molecule has 3 heteroatoms. The molecule has 0 aromatic carbocycles. The molecule has 0 atom stereocenters. The number of carbonyl (C=O) groups is 1. The average molecular weight is 91.1 g/mol. The van der Waals surface area contributed by atoms with Crippen LogP contribution in [0.2, 0.25) is 0 Å². The molecule has 6 heavy (non-hydrogen) atoms. The van der Waals surface area contributed by atoms with Crippen LogP contribution in [0.25, 0.3) is 0 Å². The van der Waals surface area contributed by atoms with Gasteiger partial charge in [-0.1, -0.05) is 0 Å². The van der Waals surface area contributed by atoms with Crippen LogP contribution in [0.5, 0.6) is 0 Å². The quantitative estimate of drug-likeness (QED) is 0.472. The molecule has 0 aromatic heterocycles. The van der Waals surface area contributed by atoms with Crippen LogP contribution in [0.15, 0.2) is 0 Å². The lowest BCUT2D eigenvalue weighted by Crippen LogP contribution is -2.16. The first-order valence-corrected chi connectivity index (χ1v) is 1.63. The van der Waals surface area contributed by atoms with Crippen molar-refractivity contribution in [1.29, 1.82) is 0 Å². The normalized spacial score (nSPS) is 8.17. The minimum absolute atomic E-state index is 0.0417. The molecule has 0 aliphatic rings. The first kappa shape index (κ1) is 5.43. The van der Waals surface area contributed by atoms with E-state index in [1.165, 1.54) is 0 Å². The molecular weight excluding hydrogens is 84.0 g/mol. The van der Waals surface area contributed by atoms with Crippen molar-refractivity contribution in [3.8, 4) is 0 Å². The fraction of sp³-hybridized carbons (Fsp3) is 0.667. The maximum atomic E-state index is 9.54. The van der Waals surface area contributed by atoms with Crippen molar-refractivity contribution in [1.82, 2.24) is 5.32 Å². The van der Waals surface area contributed by atoms with Crippen LogP contribution < -0.4 is 5.32 Å². The van der Waals surface area contributed by atoms with Gasteiger partial charge in [0, 0.05) is 0 Å². The standard InChI is InChI=1S/C3H7NO2/c1-4-2-3(5)6/h4H,2H2,1H3,(H,5,6)/i3+2. The van der Waals surface area contributed by atoms with Gasteiger partial charge in [0.2, 0.25) is 0 Å². The topological polar surface area (TPSA) is 49.3 Å². The maximum Gasteiger partial charge on any atom is 0.317 e. The van der Waals surface area contributed by atoms with Crippen LogP contribution in [-0.4, -0.2) is 24.7 Å². The third kappa shape index (κ3) is 3.43. The molecule has 0 aliphatic carbocycles. The fourth-order valence-electron chi connectivity index (χ4n) is 0.151. The molecular formula is C3H7NO2. The van der Waals surface area contributed by atoms with Crippen molar-refractivity contribution in [3.63, 3.8) is 0 Å². The zero-order valence-electron chi connectivity index (χ0n) is 3.56. The van der Waals surface area contributed by atoms with E-state index in [1.54, 1.807) is 7.05 Å². The number of rotatable bonds is 2. The van der Waals surface area contributed by atoms with Gasteiger partial charge in [0.05, 0.1) is 6.54 Å². The van der Waals surface area contributed by atoms with Gasteiger partial charge in [-0.05, 0) is 7.05 Å². The number of carboxylic acid groups (broad SMARTS) is 1. The van der Waals surface area contributed by atoms with Crippen LogP contribution in [0, 0.1) is 0 Å². The zero-order valence-corrected chi connectivity index (χ0v) is 3.56. The van der Waals surface area contributed by atoms with Crippen LogP contribution in [0.4, 0.5) is 0 Å². The molecule has 0 heterocycles. The molecule has 3 nitrogen and oxygen atoms in total. The molecule has 0 rings (SSSR count). The molecule has 0 aliphatic heterocycles. The molecule has 0 bridgehead atoms. The molecule has 0 amide bonds. The van der Waals surface area contributed by atoms with E-state index in [0.29, 0.717) is 0 Å². The summed E-state index contributed by atoms with van der Waals surface area (Å²) in [4.78, 5) is 9.54.